The first kappa shape index (κ1) is 22.5. The van der Waals surface area contributed by atoms with Crippen LogP contribution in [0, 0.1) is 6.92 Å². The van der Waals surface area contributed by atoms with Crippen LogP contribution in [0.25, 0.3) is 0 Å². The van der Waals surface area contributed by atoms with Gasteiger partial charge in [0.15, 0.2) is 0 Å². The second-order valence-electron chi connectivity index (χ2n) is 6.73. The van der Waals surface area contributed by atoms with Crippen LogP contribution in [-0.4, -0.2) is 72.3 Å². The van der Waals surface area contributed by atoms with Crippen LogP contribution in [0.5, 0.6) is 0 Å². The number of benzene rings is 1. The molecule has 0 radical (unpaired) electrons. The van der Waals surface area contributed by atoms with Gasteiger partial charge in [0.25, 0.3) is 5.91 Å². The molecule has 2 amide bonds. The van der Waals surface area contributed by atoms with Gasteiger partial charge < -0.3 is 15.5 Å². The monoisotopic (exact) mass is 402 g/mol. The zero-order valence-corrected chi connectivity index (χ0v) is 16.8. The molecule has 2 heterocycles. The Labute approximate surface area is 167 Å². The number of hydrogen-bond donors (Lipinski definition) is 1. The van der Waals surface area contributed by atoms with Gasteiger partial charge in [-0.25, -0.2) is 0 Å². The van der Waals surface area contributed by atoms with Crippen molar-refractivity contribution in [3.05, 3.63) is 29.3 Å². The standard InChI is InChI=1S/C18H26N4O2.2ClH/c1-14-4-5-15(19)12-16(14)18(24)22-10-8-21(9-11-22)17(23)13-20-6-2-3-7-20;;/h4-5,12H,2-3,6-11,13,19H2,1H3;2*1H. The molecule has 8 heteroatoms. The Hall–Kier alpha value is -1.50. The number of hydrogen-bond acceptors (Lipinski definition) is 4. The molecule has 2 fully saturated rings. The van der Waals surface area contributed by atoms with Crippen LogP contribution < -0.4 is 5.73 Å². The van der Waals surface area contributed by atoms with Crippen molar-refractivity contribution < 1.29 is 9.59 Å². The van der Waals surface area contributed by atoms with E-state index in [-0.39, 0.29) is 36.6 Å². The van der Waals surface area contributed by atoms with Gasteiger partial charge in [-0.1, -0.05) is 6.07 Å². The Morgan fingerprint density at radius 3 is 2.15 bits per heavy atom. The molecule has 26 heavy (non-hydrogen) atoms. The number of amides is 2. The molecular formula is C18H28Cl2N4O2. The van der Waals surface area contributed by atoms with Gasteiger partial charge in [0.05, 0.1) is 6.54 Å². The van der Waals surface area contributed by atoms with Crippen LogP contribution >= 0.6 is 24.8 Å². The number of halogens is 2. The molecule has 0 spiro atoms. The fourth-order valence-corrected chi connectivity index (χ4v) is 3.43. The lowest BCUT2D eigenvalue weighted by Gasteiger charge is -2.35. The quantitative estimate of drug-likeness (QED) is 0.782. The van der Waals surface area contributed by atoms with Gasteiger partial charge >= 0.3 is 0 Å². The topological polar surface area (TPSA) is 69.9 Å². The third kappa shape index (κ3) is 5.25. The zero-order valence-electron chi connectivity index (χ0n) is 15.1. The summed E-state index contributed by atoms with van der Waals surface area (Å²) < 4.78 is 0. The van der Waals surface area contributed by atoms with E-state index in [0.29, 0.717) is 44.0 Å². The van der Waals surface area contributed by atoms with E-state index in [4.69, 9.17) is 5.73 Å². The number of anilines is 1. The number of likely N-dealkylation sites (tertiary alicyclic amines) is 1. The molecule has 0 aromatic heterocycles. The van der Waals surface area contributed by atoms with Gasteiger partial charge in [0.2, 0.25) is 5.91 Å². The molecule has 2 aliphatic rings. The number of rotatable bonds is 3. The van der Waals surface area contributed by atoms with Crippen molar-refractivity contribution >= 4 is 42.3 Å². The molecule has 2 N–H and O–H groups in total. The molecule has 1 aromatic rings. The molecule has 3 rings (SSSR count). The molecule has 6 nitrogen and oxygen atoms in total. The average Bonchev–Trinajstić information content (AvgIpc) is 3.09. The highest BCUT2D eigenvalue weighted by Gasteiger charge is 2.27. The summed E-state index contributed by atoms with van der Waals surface area (Å²) in [6, 6.07) is 5.42. The fraction of sp³-hybridized carbons (Fsp3) is 0.556. The molecular weight excluding hydrogens is 375 g/mol. The normalized spacial score (nSPS) is 17.4. The SMILES string of the molecule is Cc1ccc(N)cc1C(=O)N1CCN(C(=O)CN2CCCC2)CC1.Cl.Cl. The smallest absolute Gasteiger partial charge is 0.254 e. The first-order valence-electron chi connectivity index (χ1n) is 8.70. The van der Waals surface area contributed by atoms with Crippen LogP contribution in [0.4, 0.5) is 5.69 Å². The number of nitrogen functional groups attached to an aromatic ring is 1. The van der Waals surface area contributed by atoms with Crippen molar-refractivity contribution in [1.82, 2.24) is 14.7 Å². The minimum absolute atomic E-state index is 0. The molecule has 2 aliphatic heterocycles. The van der Waals surface area contributed by atoms with E-state index < -0.39 is 0 Å². The van der Waals surface area contributed by atoms with Gasteiger partial charge in [0.1, 0.15) is 0 Å². The van der Waals surface area contributed by atoms with E-state index in [9.17, 15) is 9.59 Å². The lowest BCUT2D eigenvalue weighted by Crippen LogP contribution is -2.52. The van der Waals surface area contributed by atoms with E-state index in [0.717, 1.165) is 18.7 Å². The predicted octanol–water partition coefficient (Wildman–Crippen LogP) is 1.80. The highest BCUT2D eigenvalue weighted by Crippen LogP contribution is 2.16. The largest absolute Gasteiger partial charge is 0.399 e. The van der Waals surface area contributed by atoms with Crippen LogP contribution in [0.1, 0.15) is 28.8 Å². The Kier molecular flexibility index (Phi) is 8.67. The number of nitrogens with two attached hydrogens (primary N) is 1. The van der Waals surface area contributed by atoms with Gasteiger partial charge in [-0.2, -0.15) is 0 Å². The van der Waals surface area contributed by atoms with Crippen LogP contribution in [0.2, 0.25) is 0 Å². The van der Waals surface area contributed by atoms with E-state index in [1.807, 2.05) is 22.8 Å². The van der Waals surface area contributed by atoms with E-state index in [1.165, 1.54) is 12.8 Å². The molecule has 146 valence electrons. The maximum atomic E-state index is 12.7. The van der Waals surface area contributed by atoms with Crippen LogP contribution in [-0.2, 0) is 4.79 Å². The van der Waals surface area contributed by atoms with Gasteiger partial charge in [-0.3, -0.25) is 14.5 Å². The molecule has 0 saturated carbocycles. The molecule has 0 atom stereocenters. The molecule has 0 unspecified atom stereocenters. The summed E-state index contributed by atoms with van der Waals surface area (Å²) >= 11 is 0. The van der Waals surface area contributed by atoms with Crippen molar-refractivity contribution in [1.29, 1.82) is 0 Å². The second kappa shape index (κ2) is 10.00. The Balaban J connectivity index is 0.00000169. The first-order chi connectivity index (χ1) is 11.5. The summed E-state index contributed by atoms with van der Waals surface area (Å²) in [5, 5.41) is 0. The Morgan fingerprint density at radius 1 is 0.962 bits per heavy atom. The number of piperazine rings is 1. The van der Waals surface area contributed by atoms with E-state index in [1.54, 1.807) is 12.1 Å². The Morgan fingerprint density at radius 2 is 1.54 bits per heavy atom. The summed E-state index contributed by atoms with van der Waals surface area (Å²) in [5.41, 5.74) is 8.00. The van der Waals surface area contributed by atoms with Crippen molar-refractivity contribution in [2.24, 2.45) is 0 Å². The molecule has 0 aliphatic carbocycles. The summed E-state index contributed by atoms with van der Waals surface area (Å²) in [6.45, 7) is 6.87. The summed E-state index contributed by atoms with van der Waals surface area (Å²) in [5.74, 6) is 0.190. The average molecular weight is 403 g/mol. The van der Waals surface area contributed by atoms with Crippen LogP contribution in [0.3, 0.4) is 0 Å². The summed E-state index contributed by atoms with van der Waals surface area (Å²) in [4.78, 5) is 31.0. The predicted molar refractivity (Wildman–Crippen MR) is 108 cm³/mol. The maximum Gasteiger partial charge on any atom is 0.254 e. The molecule has 1 aromatic carbocycles. The number of carbonyl (C=O) groups excluding carboxylic acids is 2. The molecule has 0 bridgehead atoms. The lowest BCUT2D eigenvalue weighted by atomic mass is 10.1. The summed E-state index contributed by atoms with van der Waals surface area (Å²) in [7, 11) is 0. The number of aryl methyl sites for hydroxylation is 1. The van der Waals surface area contributed by atoms with Gasteiger partial charge in [-0.05, 0) is 50.6 Å². The molecule has 2 saturated heterocycles. The van der Waals surface area contributed by atoms with Crippen molar-refractivity contribution in [2.45, 2.75) is 19.8 Å². The number of carbonyl (C=O) groups is 2. The van der Waals surface area contributed by atoms with Crippen LogP contribution in [0.15, 0.2) is 18.2 Å². The highest BCUT2D eigenvalue weighted by atomic mass is 35.5. The minimum atomic E-state index is 0. The van der Waals surface area contributed by atoms with Gasteiger partial charge in [-0.15, -0.1) is 24.8 Å². The van der Waals surface area contributed by atoms with Crippen molar-refractivity contribution in [3.63, 3.8) is 0 Å². The summed E-state index contributed by atoms with van der Waals surface area (Å²) in [6.07, 6.45) is 2.38. The third-order valence-electron chi connectivity index (χ3n) is 4.97. The fourth-order valence-electron chi connectivity index (χ4n) is 3.43. The third-order valence-corrected chi connectivity index (χ3v) is 4.97. The Bertz CT molecular complexity index is 628. The van der Waals surface area contributed by atoms with Gasteiger partial charge in [0, 0.05) is 37.4 Å². The van der Waals surface area contributed by atoms with E-state index >= 15 is 0 Å². The minimum Gasteiger partial charge on any atom is -0.399 e. The zero-order chi connectivity index (χ0) is 17.1. The second-order valence-corrected chi connectivity index (χ2v) is 6.73. The number of nitrogens with zero attached hydrogens (tertiary/aromatic N) is 3. The van der Waals surface area contributed by atoms with Crippen molar-refractivity contribution in [3.8, 4) is 0 Å². The van der Waals surface area contributed by atoms with Crippen molar-refractivity contribution in [2.75, 3.05) is 51.5 Å². The maximum absolute atomic E-state index is 12.7. The lowest BCUT2D eigenvalue weighted by molar-refractivity contribution is -0.133. The first-order valence-corrected chi connectivity index (χ1v) is 8.70. The van der Waals surface area contributed by atoms with E-state index in [2.05, 4.69) is 4.90 Å². The highest BCUT2D eigenvalue weighted by molar-refractivity contribution is 5.96.